The van der Waals surface area contributed by atoms with E-state index in [-0.39, 0.29) is 29.2 Å². The van der Waals surface area contributed by atoms with Gasteiger partial charge in [-0.25, -0.2) is 14.4 Å². The summed E-state index contributed by atoms with van der Waals surface area (Å²) >= 11 is 7.38. The summed E-state index contributed by atoms with van der Waals surface area (Å²) in [6, 6.07) is 3.14. The number of pyridine rings is 1. The lowest BCUT2D eigenvalue weighted by Crippen LogP contribution is -2.46. The van der Waals surface area contributed by atoms with E-state index in [0.717, 1.165) is 51.6 Å². The Morgan fingerprint density at radius 2 is 2.06 bits per heavy atom. The smallest absolute Gasteiger partial charge is 0.272 e. The zero-order valence-electron chi connectivity index (χ0n) is 18.2. The zero-order chi connectivity index (χ0) is 22.0. The molecule has 0 spiro atoms. The molecule has 1 saturated heterocycles. The summed E-state index contributed by atoms with van der Waals surface area (Å²) in [5.74, 6) is -0.217. The van der Waals surface area contributed by atoms with Crippen molar-refractivity contribution >= 4 is 46.4 Å². The second-order valence-corrected chi connectivity index (χ2v) is 9.99. The number of halogens is 3. The fraction of sp³-hybridized carbons (Fsp3) is 0.591. The van der Waals surface area contributed by atoms with E-state index < -0.39 is 5.82 Å². The van der Waals surface area contributed by atoms with Crippen molar-refractivity contribution in [2.45, 2.75) is 51.5 Å². The molecule has 1 amide bonds. The third-order valence-corrected chi connectivity index (χ3v) is 7.59. The number of aromatic nitrogens is 2. The highest BCUT2D eigenvalue weighted by Gasteiger charge is 2.30. The molecule has 0 aromatic carbocycles. The topological polar surface area (TPSA) is 75.3 Å². The third-order valence-electron chi connectivity index (χ3n) is 6.37. The van der Waals surface area contributed by atoms with Crippen LogP contribution in [0.4, 0.5) is 9.52 Å². The van der Waals surface area contributed by atoms with Crippen LogP contribution in [0, 0.1) is 11.7 Å². The standard InChI is InChI=1S/C22H29ClFN5OS.ClH/c1-2-9-29(15-3-5-17-19(12-15)31-22(25)27-17)13-14-7-10-28(11-8-14)21(30)18-6-4-16(24)20(23)26-18;/h4,6,14-15H,2-3,5,7-13H2,1H3,(H2,25,27);1H/t15-;/m0./s1. The maximum absolute atomic E-state index is 13.3. The quantitative estimate of drug-likeness (QED) is 0.591. The number of hydrogen-bond acceptors (Lipinski definition) is 6. The molecule has 0 unspecified atom stereocenters. The minimum atomic E-state index is -0.608. The Labute approximate surface area is 203 Å². The lowest BCUT2D eigenvalue weighted by molar-refractivity contribution is 0.0637. The van der Waals surface area contributed by atoms with Crippen LogP contribution in [-0.2, 0) is 12.8 Å². The number of nitrogens with zero attached hydrogens (tertiary/aromatic N) is 4. The Morgan fingerprint density at radius 1 is 1.31 bits per heavy atom. The van der Waals surface area contributed by atoms with Crippen molar-refractivity contribution in [3.05, 3.63) is 39.4 Å². The molecule has 1 atom stereocenters. The first kappa shape index (κ1) is 25.1. The fourth-order valence-electron chi connectivity index (χ4n) is 4.75. The molecule has 3 heterocycles. The van der Waals surface area contributed by atoms with E-state index >= 15 is 0 Å². The lowest BCUT2D eigenvalue weighted by Gasteiger charge is -2.39. The van der Waals surface area contributed by atoms with Crippen molar-refractivity contribution in [1.29, 1.82) is 0 Å². The average molecular weight is 502 g/mol. The number of aryl methyl sites for hydroxylation is 1. The number of likely N-dealkylation sites (tertiary alicyclic amines) is 1. The van der Waals surface area contributed by atoms with Gasteiger partial charge in [0.15, 0.2) is 16.1 Å². The van der Waals surface area contributed by atoms with Gasteiger partial charge in [0, 0.05) is 30.6 Å². The van der Waals surface area contributed by atoms with Gasteiger partial charge in [-0.05, 0) is 63.1 Å². The van der Waals surface area contributed by atoms with E-state index in [1.807, 2.05) is 4.90 Å². The first-order chi connectivity index (χ1) is 14.9. The molecule has 1 aliphatic carbocycles. The van der Waals surface area contributed by atoms with E-state index in [2.05, 4.69) is 21.8 Å². The van der Waals surface area contributed by atoms with Gasteiger partial charge < -0.3 is 10.6 Å². The lowest BCUT2D eigenvalue weighted by atomic mass is 9.92. The van der Waals surface area contributed by atoms with Crippen LogP contribution in [0.5, 0.6) is 0 Å². The number of amides is 1. The first-order valence-electron chi connectivity index (χ1n) is 11.0. The van der Waals surface area contributed by atoms with Gasteiger partial charge in [0.1, 0.15) is 5.69 Å². The van der Waals surface area contributed by atoms with Gasteiger partial charge in [-0.15, -0.1) is 23.7 Å². The molecule has 2 aliphatic rings. The van der Waals surface area contributed by atoms with E-state index in [1.54, 1.807) is 11.3 Å². The summed E-state index contributed by atoms with van der Waals surface area (Å²) in [4.78, 5) is 26.9. The molecule has 2 N–H and O–H groups in total. The van der Waals surface area contributed by atoms with Crippen molar-refractivity contribution in [2.24, 2.45) is 5.92 Å². The van der Waals surface area contributed by atoms with Gasteiger partial charge in [-0.3, -0.25) is 9.69 Å². The van der Waals surface area contributed by atoms with Crippen molar-refractivity contribution < 1.29 is 9.18 Å². The first-order valence-corrected chi connectivity index (χ1v) is 12.2. The number of piperidine rings is 1. The minimum Gasteiger partial charge on any atom is -0.375 e. The molecule has 4 rings (SSSR count). The van der Waals surface area contributed by atoms with Gasteiger partial charge in [-0.2, -0.15) is 0 Å². The Morgan fingerprint density at radius 3 is 2.75 bits per heavy atom. The van der Waals surface area contributed by atoms with Crippen LogP contribution < -0.4 is 5.73 Å². The molecule has 1 fully saturated rings. The summed E-state index contributed by atoms with van der Waals surface area (Å²) in [5.41, 5.74) is 7.31. The largest absolute Gasteiger partial charge is 0.375 e. The van der Waals surface area contributed by atoms with Gasteiger partial charge in [0.2, 0.25) is 0 Å². The highest BCUT2D eigenvalue weighted by molar-refractivity contribution is 7.15. The molecule has 10 heteroatoms. The number of fused-ring (bicyclic) bond motifs is 1. The highest BCUT2D eigenvalue weighted by atomic mass is 35.5. The molecular weight excluding hydrogens is 472 g/mol. The molecule has 6 nitrogen and oxygen atoms in total. The Hall–Kier alpha value is -1.48. The number of carbonyl (C=O) groups is 1. The number of rotatable bonds is 6. The van der Waals surface area contributed by atoms with E-state index in [4.69, 9.17) is 17.3 Å². The normalized spacial score (nSPS) is 19.0. The van der Waals surface area contributed by atoms with E-state index in [9.17, 15) is 9.18 Å². The van der Waals surface area contributed by atoms with Gasteiger partial charge in [0.25, 0.3) is 5.91 Å². The maximum Gasteiger partial charge on any atom is 0.272 e. The molecule has 0 bridgehead atoms. The molecule has 176 valence electrons. The van der Waals surface area contributed by atoms with E-state index in [1.165, 1.54) is 22.7 Å². The van der Waals surface area contributed by atoms with Crippen LogP contribution >= 0.6 is 35.3 Å². The summed E-state index contributed by atoms with van der Waals surface area (Å²) in [7, 11) is 0. The van der Waals surface area contributed by atoms with Crippen molar-refractivity contribution in [2.75, 3.05) is 31.9 Å². The van der Waals surface area contributed by atoms with Crippen LogP contribution in [0.2, 0.25) is 5.15 Å². The monoisotopic (exact) mass is 501 g/mol. The molecule has 2 aromatic rings. The minimum absolute atomic E-state index is 0. The summed E-state index contributed by atoms with van der Waals surface area (Å²) < 4.78 is 13.3. The molecular formula is C22H30Cl2FN5OS. The van der Waals surface area contributed by atoms with E-state index in [0.29, 0.717) is 30.2 Å². The molecule has 2 aromatic heterocycles. The van der Waals surface area contributed by atoms with Crippen LogP contribution in [0.3, 0.4) is 0 Å². The number of anilines is 1. The molecule has 32 heavy (non-hydrogen) atoms. The molecule has 1 aliphatic heterocycles. The summed E-state index contributed by atoms with van der Waals surface area (Å²) in [6.07, 6.45) is 6.23. The highest BCUT2D eigenvalue weighted by Crippen LogP contribution is 2.31. The molecule has 0 radical (unpaired) electrons. The van der Waals surface area contributed by atoms with Crippen LogP contribution in [-0.4, -0.2) is 57.9 Å². The predicted octanol–water partition coefficient (Wildman–Crippen LogP) is 4.46. The van der Waals surface area contributed by atoms with Gasteiger partial charge in [0.05, 0.1) is 5.69 Å². The maximum atomic E-state index is 13.3. The van der Waals surface area contributed by atoms with Crippen molar-refractivity contribution in [1.82, 2.24) is 19.8 Å². The summed E-state index contributed by atoms with van der Waals surface area (Å²) in [6.45, 7) is 5.77. The van der Waals surface area contributed by atoms with Crippen molar-refractivity contribution in [3.8, 4) is 0 Å². The summed E-state index contributed by atoms with van der Waals surface area (Å²) in [5, 5.41) is 0.427. The number of hydrogen-bond donors (Lipinski definition) is 1. The number of nitrogens with two attached hydrogens (primary N) is 1. The second kappa shape index (κ2) is 11.1. The third kappa shape index (κ3) is 5.71. The average Bonchev–Trinajstić information content (AvgIpc) is 3.14. The Balaban J connectivity index is 0.00000289. The fourth-order valence-corrected chi connectivity index (χ4v) is 5.85. The van der Waals surface area contributed by atoms with Crippen LogP contribution in [0.25, 0.3) is 0 Å². The number of thiazole rings is 1. The Bertz CT molecular complexity index is 935. The predicted molar refractivity (Wildman–Crippen MR) is 129 cm³/mol. The second-order valence-electron chi connectivity index (χ2n) is 8.52. The van der Waals surface area contributed by atoms with Crippen LogP contribution in [0.1, 0.15) is 53.7 Å². The van der Waals surface area contributed by atoms with Gasteiger partial charge >= 0.3 is 0 Å². The Kier molecular flexibility index (Phi) is 8.72. The van der Waals surface area contributed by atoms with Gasteiger partial charge in [-0.1, -0.05) is 18.5 Å². The SMILES string of the molecule is CCCN(CC1CCN(C(=O)c2ccc(F)c(Cl)n2)CC1)[C@H]1CCc2nc(N)sc2C1.Cl. The zero-order valence-corrected chi connectivity index (χ0v) is 20.6. The number of carbonyl (C=O) groups excluding carboxylic acids is 1. The van der Waals surface area contributed by atoms with Crippen molar-refractivity contribution in [3.63, 3.8) is 0 Å². The van der Waals surface area contributed by atoms with Crippen LogP contribution in [0.15, 0.2) is 12.1 Å². The molecule has 0 saturated carbocycles. The number of nitrogen functional groups attached to an aromatic ring is 1.